The van der Waals surface area contributed by atoms with Crippen LogP contribution in [0.1, 0.15) is 35.3 Å². The zero-order valence-electron chi connectivity index (χ0n) is 11.7. The lowest BCUT2D eigenvalue weighted by Gasteiger charge is -2.08. The lowest BCUT2D eigenvalue weighted by Crippen LogP contribution is -2.26. The number of hydrogen-bond donors (Lipinski definition) is 2. The maximum atomic E-state index is 11.5. The van der Waals surface area contributed by atoms with Crippen molar-refractivity contribution in [1.29, 1.82) is 0 Å². The van der Waals surface area contributed by atoms with Crippen molar-refractivity contribution in [3.8, 4) is 0 Å². The minimum Gasteiger partial charge on any atom is -0.383 e. The van der Waals surface area contributed by atoms with E-state index in [4.69, 9.17) is 0 Å². The molecule has 20 heavy (non-hydrogen) atoms. The summed E-state index contributed by atoms with van der Waals surface area (Å²) in [5.74, 6) is 0.0351. The number of aliphatic hydroxyl groups is 1. The Hall–Kier alpha value is -1.65. The average molecular weight is 289 g/mol. The van der Waals surface area contributed by atoms with Gasteiger partial charge in [-0.15, -0.1) is 11.3 Å². The Morgan fingerprint density at radius 3 is 2.55 bits per heavy atom. The second-order valence-electron chi connectivity index (χ2n) is 4.99. The minimum atomic E-state index is -0.601. The first kappa shape index (κ1) is 14.8. The molecule has 2 rings (SSSR count). The highest BCUT2D eigenvalue weighted by Gasteiger charge is 2.13. The third-order valence-electron chi connectivity index (χ3n) is 3.03. The van der Waals surface area contributed by atoms with E-state index in [2.05, 4.69) is 5.32 Å². The van der Waals surface area contributed by atoms with Gasteiger partial charge in [0.2, 0.25) is 5.91 Å². The van der Waals surface area contributed by atoms with Crippen molar-refractivity contribution < 1.29 is 9.90 Å². The predicted molar refractivity (Wildman–Crippen MR) is 81.5 cm³/mol. The zero-order valence-corrected chi connectivity index (χ0v) is 12.5. The van der Waals surface area contributed by atoms with E-state index in [1.54, 1.807) is 0 Å². The molecular weight excluding hydrogens is 270 g/mol. The molecular formula is C16H19NO2S. The summed E-state index contributed by atoms with van der Waals surface area (Å²) in [7, 11) is 0. The summed E-state index contributed by atoms with van der Waals surface area (Å²) in [4.78, 5) is 13.5. The summed E-state index contributed by atoms with van der Waals surface area (Å²) >= 11 is 1.52. The van der Waals surface area contributed by atoms with Crippen molar-refractivity contribution in [2.45, 2.75) is 26.5 Å². The van der Waals surface area contributed by atoms with Gasteiger partial charge in [0.25, 0.3) is 0 Å². The van der Waals surface area contributed by atoms with Crippen LogP contribution in [0.2, 0.25) is 0 Å². The lowest BCUT2D eigenvalue weighted by molar-refractivity contribution is -0.124. The van der Waals surface area contributed by atoms with Gasteiger partial charge < -0.3 is 10.4 Å². The molecule has 0 saturated heterocycles. The first-order valence-corrected chi connectivity index (χ1v) is 7.49. The quantitative estimate of drug-likeness (QED) is 0.888. The van der Waals surface area contributed by atoms with Crippen LogP contribution in [0.5, 0.6) is 0 Å². The molecule has 106 valence electrons. The molecule has 1 amide bonds. The van der Waals surface area contributed by atoms with Gasteiger partial charge in [0, 0.05) is 15.7 Å². The fourth-order valence-corrected chi connectivity index (χ4v) is 2.78. The number of rotatable bonds is 5. The highest BCUT2D eigenvalue weighted by atomic mass is 32.1. The number of thiophene rings is 1. The normalized spacial score (nSPS) is 12.4. The Bertz CT molecular complexity index is 563. The standard InChI is InChI=1S/C16H19NO2S/c1-11(2)16(19)17-10-13-8-9-14(20-13)15(18)12-6-4-3-5-7-12/h3-9,11,15,18H,10H2,1-2H3,(H,17,19). The van der Waals surface area contributed by atoms with E-state index in [1.165, 1.54) is 11.3 Å². The molecule has 0 saturated carbocycles. The monoisotopic (exact) mass is 289 g/mol. The number of nitrogens with one attached hydrogen (secondary N) is 1. The van der Waals surface area contributed by atoms with Gasteiger partial charge in [-0.2, -0.15) is 0 Å². The highest BCUT2D eigenvalue weighted by Crippen LogP contribution is 2.28. The minimum absolute atomic E-state index is 0.00987. The largest absolute Gasteiger partial charge is 0.383 e. The Morgan fingerprint density at radius 2 is 1.90 bits per heavy atom. The van der Waals surface area contributed by atoms with Crippen molar-refractivity contribution in [3.05, 3.63) is 57.8 Å². The van der Waals surface area contributed by atoms with Gasteiger partial charge in [0.1, 0.15) is 6.10 Å². The number of carbonyl (C=O) groups excluding carboxylic acids is 1. The van der Waals surface area contributed by atoms with E-state index in [-0.39, 0.29) is 11.8 Å². The molecule has 1 atom stereocenters. The van der Waals surface area contributed by atoms with Gasteiger partial charge in [-0.3, -0.25) is 4.79 Å². The summed E-state index contributed by atoms with van der Waals surface area (Å²) in [6.07, 6.45) is -0.601. The number of hydrogen-bond acceptors (Lipinski definition) is 3. The Labute approximate surface area is 123 Å². The molecule has 0 aliphatic heterocycles. The molecule has 1 heterocycles. The summed E-state index contributed by atoms with van der Waals surface area (Å²) in [5.41, 5.74) is 0.882. The molecule has 1 unspecified atom stereocenters. The number of carbonyl (C=O) groups is 1. The van der Waals surface area contributed by atoms with Crippen LogP contribution in [0.4, 0.5) is 0 Å². The lowest BCUT2D eigenvalue weighted by atomic mass is 10.1. The molecule has 0 aliphatic carbocycles. The van der Waals surface area contributed by atoms with Gasteiger partial charge in [0.15, 0.2) is 0 Å². The van der Waals surface area contributed by atoms with Crippen LogP contribution in [-0.4, -0.2) is 11.0 Å². The second-order valence-corrected chi connectivity index (χ2v) is 6.19. The molecule has 0 fully saturated rings. The van der Waals surface area contributed by atoms with Crippen LogP contribution in [0, 0.1) is 5.92 Å². The van der Waals surface area contributed by atoms with Crippen molar-refractivity contribution >= 4 is 17.2 Å². The van der Waals surface area contributed by atoms with Crippen LogP contribution in [0.15, 0.2) is 42.5 Å². The van der Waals surface area contributed by atoms with Crippen LogP contribution in [-0.2, 0) is 11.3 Å². The van der Waals surface area contributed by atoms with E-state index in [9.17, 15) is 9.90 Å². The number of amides is 1. The molecule has 1 aromatic heterocycles. The molecule has 2 N–H and O–H groups in total. The first-order valence-electron chi connectivity index (χ1n) is 6.67. The summed E-state index contributed by atoms with van der Waals surface area (Å²) in [6.45, 7) is 4.26. The second kappa shape index (κ2) is 6.68. The van der Waals surface area contributed by atoms with E-state index in [0.29, 0.717) is 6.54 Å². The molecule has 3 nitrogen and oxygen atoms in total. The van der Waals surface area contributed by atoms with Crippen molar-refractivity contribution in [3.63, 3.8) is 0 Å². The topological polar surface area (TPSA) is 49.3 Å². The number of benzene rings is 1. The van der Waals surface area contributed by atoms with Crippen molar-refractivity contribution in [2.75, 3.05) is 0 Å². The molecule has 0 bridgehead atoms. The predicted octanol–water partition coefficient (Wildman–Crippen LogP) is 3.10. The summed E-state index contributed by atoms with van der Waals surface area (Å²) < 4.78 is 0. The zero-order chi connectivity index (χ0) is 14.5. The fraction of sp³-hybridized carbons (Fsp3) is 0.312. The molecule has 4 heteroatoms. The van der Waals surface area contributed by atoms with Crippen molar-refractivity contribution in [2.24, 2.45) is 5.92 Å². The van der Waals surface area contributed by atoms with Crippen LogP contribution >= 0.6 is 11.3 Å². The van der Waals surface area contributed by atoms with Crippen LogP contribution in [0.25, 0.3) is 0 Å². The molecule has 0 spiro atoms. The third kappa shape index (κ3) is 3.68. The van der Waals surface area contributed by atoms with Gasteiger partial charge >= 0.3 is 0 Å². The summed E-state index contributed by atoms with van der Waals surface area (Å²) in [6, 6.07) is 13.4. The number of aliphatic hydroxyl groups excluding tert-OH is 1. The Morgan fingerprint density at radius 1 is 1.20 bits per heavy atom. The summed E-state index contributed by atoms with van der Waals surface area (Å²) in [5, 5.41) is 13.2. The molecule has 2 aromatic rings. The van der Waals surface area contributed by atoms with Crippen LogP contribution < -0.4 is 5.32 Å². The Balaban J connectivity index is 2.00. The van der Waals surface area contributed by atoms with Gasteiger partial charge in [-0.05, 0) is 17.7 Å². The van der Waals surface area contributed by atoms with Gasteiger partial charge in [-0.1, -0.05) is 44.2 Å². The Kier molecular flexibility index (Phi) is 4.93. The molecule has 1 aromatic carbocycles. The SMILES string of the molecule is CC(C)C(=O)NCc1ccc(C(O)c2ccccc2)s1. The van der Waals surface area contributed by atoms with E-state index in [0.717, 1.165) is 15.3 Å². The molecule has 0 aliphatic rings. The van der Waals surface area contributed by atoms with Gasteiger partial charge in [0.05, 0.1) is 6.54 Å². The average Bonchev–Trinajstić information content (AvgIpc) is 2.93. The van der Waals surface area contributed by atoms with E-state index < -0.39 is 6.10 Å². The van der Waals surface area contributed by atoms with Crippen LogP contribution in [0.3, 0.4) is 0 Å². The smallest absolute Gasteiger partial charge is 0.222 e. The fourth-order valence-electron chi connectivity index (χ4n) is 1.81. The molecule has 0 radical (unpaired) electrons. The third-order valence-corrected chi connectivity index (χ3v) is 4.17. The van der Waals surface area contributed by atoms with E-state index >= 15 is 0 Å². The maximum absolute atomic E-state index is 11.5. The van der Waals surface area contributed by atoms with E-state index in [1.807, 2.05) is 56.3 Å². The highest BCUT2D eigenvalue weighted by molar-refractivity contribution is 7.12. The maximum Gasteiger partial charge on any atom is 0.222 e. The first-order chi connectivity index (χ1) is 9.58. The van der Waals surface area contributed by atoms with Crippen molar-refractivity contribution in [1.82, 2.24) is 5.32 Å². The van der Waals surface area contributed by atoms with Gasteiger partial charge in [-0.25, -0.2) is 0 Å².